The minimum atomic E-state index is -0.122. The zero-order valence-corrected chi connectivity index (χ0v) is 20.4. The van der Waals surface area contributed by atoms with Crippen LogP contribution in [0, 0.1) is 0 Å². The van der Waals surface area contributed by atoms with Gasteiger partial charge in [-0.25, -0.2) is 14.8 Å². The van der Waals surface area contributed by atoms with Crippen molar-refractivity contribution in [3.63, 3.8) is 0 Å². The zero-order chi connectivity index (χ0) is 24.4. The van der Waals surface area contributed by atoms with Gasteiger partial charge in [0.15, 0.2) is 0 Å². The quantitative estimate of drug-likeness (QED) is 0.416. The van der Waals surface area contributed by atoms with Gasteiger partial charge < -0.3 is 24.8 Å². The van der Waals surface area contributed by atoms with Crippen LogP contribution in [0.4, 0.5) is 10.6 Å². The Balaban J connectivity index is 1.25. The lowest BCUT2D eigenvalue weighted by Crippen LogP contribution is -2.52. The number of hydrogen-bond acceptors (Lipinski definition) is 5. The highest BCUT2D eigenvalue weighted by Gasteiger charge is 2.25. The van der Waals surface area contributed by atoms with Crippen LogP contribution in [-0.2, 0) is 0 Å². The fourth-order valence-electron chi connectivity index (χ4n) is 4.36. The molecule has 1 saturated heterocycles. The summed E-state index contributed by atoms with van der Waals surface area (Å²) in [5.41, 5.74) is 3.78. The van der Waals surface area contributed by atoms with Gasteiger partial charge in [-0.2, -0.15) is 0 Å². The number of halogens is 1. The monoisotopic (exact) mass is 490 g/mol. The van der Waals surface area contributed by atoms with Gasteiger partial charge in [0, 0.05) is 36.9 Å². The molecule has 3 heterocycles. The molecule has 8 nitrogen and oxygen atoms in total. The standard InChI is InChI=1S/C26H27ClN6O2/c1-17(19-4-3-5-21(14-19)35-2)30-26(34)33-12-10-32(11-13-33)25-22-15-23(31-24(22)28-16-29-25)18-6-8-20(27)9-7-18/h3-9,14-17H,10-13H2,1-2H3,(H,30,34)(H,28,29,31)/t17-/m0/s1. The molecular formula is C26H27ClN6O2. The summed E-state index contributed by atoms with van der Waals surface area (Å²) in [6, 6.07) is 17.3. The summed E-state index contributed by atoms with van der Waals surface area (Å²) in [7, 11) is 1.64. The second-order valence-corrected chi connectivity index (χ2v) is 9.01. The number of aromatic amines is 1. The van der Waals surface area contributed by atoms with Crippen LogP contribution in [-0.4, -0.2) is 59.2 Å². The molecule has 0 aliphatic carbocycles. The number of benzene rings is 2. The Morgan fingerprint density at radius 2 is 1.86 bits per heavy atom. The number of carbonyl (C=O) groups excluding carboxylic acids is 1. The van der Waals surface area contributed by atoms with Gasteiger partial charge in [0.05, 0.1) is 18.5 Å². The van der Waals surface area contributed by atoms with Crippen molar-refractivity contribution >= 4 is 34.5 Å². The summed E-state index contributed by atoms with van der Waals surface area (Å²) in [5, 5.41) is 4.76. The van der Waals surface area contributed by atoms with E-state index in [9.17, 15) is 4.79 Å². The number of anilines is 1. The molecule has 2 N–H and O–H groups in total. The van der Waals surface area contributed by atoms with E-state index in [0.717, 1.165) is 39.4 Å². The van der Waals surface area contributed by atoms with Crippen molar-refractivity contribution in [2.75, 3.05) is 38.2 Å². The van der Waals surface area contributed by atoms with Crippen molar-refractivity contribution in [1.29, 1.82) is 0 Å². The van der Waals surface area contributed by atoms with E-state index in [4.69, 9.17) is 16.3 Å². The van der Waals surface area contributed by atoms with Crippen LogP contribution in [0.1, 0.15) is 18.5 Å². The van der Waals surface area contributed by atoms with Crippen LogP contribution < -0.4 is 15.0 Å². The Kier molecular flexibility index (Phi) is 6.46. The summed E-state index contributed by atoms with van der Waals surface area (Å²) < 4.78 is 5.30. The SMILES string of the molecule is COc1cccc([C@H](C)NC(=O)N2CCN(c3ncnc4[nH]c(-c5ccc(Cl)cc5)cc34)CC2)c1. The fourth-order valence-corrected chi connectivity index (χ4v) is 4.48. The first kappa shape index (κ1) is 23.0. The van der Waals surface area contributed by atoms with E-state index in [1.165, 1.54) is 0 Å². The topological polar surface area (TPSA) is 86.4 Å². The van der Waals surface area contributed by atoms with Crippen molar-refractivity contribution in [2.24, 2.45) is 0 Å². The molecule has 0 unspecified atom stereocenters. The van der Waals surface area contributed by atoms with Crippen LogP contribution in [0.3, 0.4) is 0 Å². The number of carbonyl (C=O) groups is 1. The molecule has 2 aromatic carbocycles. The number of H-pyrrole nitrogens is 1. The molecule has 1 fully saturated rings. The van der Waals surface area contributed by atoms with Gasteiger partial charge in [0.25, 0.3) is 0 Å². The number of amides is 2. The van der Waals surface area contributed by atoms with E-state index in [0.29, 0.717) is 31.2 Å². The van der Waals surface area contributed by atoms with Gasteiger partial charge in [-0.05, 0) is 48.4 Å². The number of fused-ring (bicyclic) bond motifs is 1. The second-order valence-electron chi connectivity index (χ2n) is 8.57. The summed E-state index contributed by atoms with van der Waals surface area (Å²) >= 11 is 6.03. The minimum absolute atomic E-state index is 0.0699. The van der Waals surface area contributed by atoms with Gasteiger partial charge >= 0.3 is 6.03 Å². The lowest BCUT2D eigenvalue weighted by atomic mass is 10.1. The number of piperazine rings is 1. The average molecular weight is 491 g/mol. The fraction of sp³-hybridized carbons (Fsp3) is 0.269. The van der Waals surface area contributed by atoms with Gasteiger partial charge in [-0.3, -0.25) is 0 Å². The lowest BCUT2D eigenvalue weighted by Gasteiger charge is -2.36. The van der Waals surface area contributed by atoms with Crippen molar-refractivity contribution < 1.29 is 9.53 Å². The Bertz CT molecular complexity index is 1330. The molecule has 1 aliphatic rings. The van der Waals surface area contributed by atoms with Crippen LogP contribution >= 0.6 is 11.6 Å². The smallest absolute Gasteiger partial charge is 0.317 e. The Morgan fingerprint density at radius 1 is 1.09 bits per heavy atom. The van der Waals surface area contributed by atoms with Gasteiger partial charge in [-0.15, -0.1) is 0 Å². The maximum Gasteiger partial charge on any atom is 0.317 e. The summed E-state index contributed by atoms with van der Waals surface area (Å²) in [6.45, 7) is 4.57. The molecule has 0 saturated carbocycles. The lowest BCUT2D eigenvalue weighted by molar-refractivity contribution is 0.191. The first-order valence-electron chi connectivity index (χ1n) is 11.6. The van der Waals surface area contributed by atoms with E-state index in [1.807, 2.05) is 60.4 Å². The number of methoxy groups -OCH3 is 1. The normalized spacial score (nSPS) is 14.7. The highest BCUT2D eigenvalue weighted by atomic mass is 35.5. The average Bonchev–Trinajstić information content (AvgIpc) is 3.34. The number of rotatable bonds is 5. The van der Waals surface area contributed by atoms with Gasteiger partial charge in [0.2, 0.25) is 0 Å². The van der Waals surface area contributed by atoms with E-state index in [2.05, 4.69) is 31.2 Å². The third kappa shape index (κ3) is 4.88. The Hall–Kier alpha value is -3.78. The summed E-state index contributed by atoms with van der Waals surface area (Å²) in [6.07, 6.45) is 1.58. The second kappa shape index (κ2) is 9.84. The van der Waals surface area contributed by atoms with Crippen LogP contribution in [0.5, 0.6) is 5.75 Å². The van der Waals surface area contributed by atoms with Gasteiger partial charge in [0.1, 0.15) is 23.5 Å². The molecule has 35 heavy (non-hydrogen) atoms. The van der Waals surface area contributed by atoms with Crippen LogP contribution in [0.2, 0.25) is 5.02 Å². The number of nitrogens with one attached hydrogen (secondary N) is 2. The maximum absolute atomic E-state index is 12.9. The molecule has 1 aliphatic heterocycles. The van der Waals surface area contributed by atoms with Crippen molar-refractivity contribution in [2.45, 2.75) is 13.0 Å². The van der Waals surface area contributed by atoms with E-state index in [1.54, 1.807) is 13.4 Å². The molecule has 0 radical (unpaired) electrons. The van der Waals surface area contributed by atoms with Crippen LogP contribution in [0.15, 0.2) is 60.9 Å². The molecule has 180 valence electrons. The Morgan fingerprint density at radius 3 is 2.60 bits per heavy atom. The number of urea groups is 1. The third-order valence-electron chi connectivity index (χ3n) is 6.36. The third-order valence-corrected chi connectivity index (χ3v) is 6.61. The van der Waals surface area contributed by atoms with Crippen molar-refractivity contribution in [3.05, 3.63) is 71.5 Å². The maximum atomic E-state index is 12.9. The predicted molar refractivity (Wildman–Crippen MR) is 138 cm³/mol. The van der Waals surface area contributed by atoms with Crippen molar-refractivity contribution in [3.8, 4) is 17.0 Å². The highest BCUT2D eigenvalue weighted by Crippen LogP contribution is 2.30. The summed E-state index contributed by atoms with van der Waals surface area (Å²) in [4.78, 5) is 29.3. The zero-order valence-electron chi connectivity index (χ0n) is 19.7. The molecule has 2 amide bonds. The largest absolute Gasteiger partial charge is 0.497 e. The number of ether oxygens (including phenoxy) is 1. The predicted octanol–water partition coefficient (Wildman–Crippen LogP) is 4.88. The van der Waals surface area contributed by atoms with E-state index >= 15 is 0 Å². The first-order chi connectivity index (χ1) is 17.0. The molecule has 5 rings (SSSR count). The molecule has 2 aromatic heterocycles. The van der Waals surface area contributed by atoms with E-state index in [-0.39, 0.29) is 12.1 Å². The van der Waals surface area contributed by atoms with Gasteiger partial charge in [-0.1, -0.05) is 35.9 Å². The van der Waals surface area contributed by atoms with E-state index < -0.39 is 0 Å². The number of nitrogens with zero attached hydrogens (tertiary/aromatic N) is 4. The van der Waals surface area contributed by atoms with Crippen LogP contribution in [0.25, 0.3) is 22.3 Å². The Labute approximate surface area is 208 Å². The van der Waals surface area contributed by atoms with Crippen molar-refractivity contribution in [1.82, 2.24) is 25.2 Å². The molecule has 9 heteroatoms. The highest BCUT2D eigenvalue weighted by molar-refractivity contribution is 6.30. The molecule has 4 aromatic rings. The summed E-state index contributed by atoms with van der Waals surface area (Å²) in [5.74, 6) is 1.65. The minimum Gasteiger partial charge on any atom is -0.497 e. The number of hydrogen-bond donors (Lipinski definition) is 2. The molecule has 0 bridgehead atoms. The molecular weight excluding hydrogens is 464 g/mol. The molecule has 0 spiro atoms. The number of aromatic nitrogens is 3. The first-order valence-corrected chi connectivity index (χ1v) is 11.9. The molecule has 1 atom stereocenters.